The van der Waals surface area contributed by atoms with E-state index in [4.69, 9.17) is 11.6 Å². The lowest BCUT2D eigenvalue weighted by Crippen LogP contribution is -2.51. The molecule has 2 aromatic rings. The highest BCUT2D eigenvalue weighted by molar-refractivity contribution is 7.92. The molecule has 0 heterocycles. The summed E-state index contributed by atoms with van der Waals surface area (Å²) >= 11 is 5.64. The largest absolute Gasteiger partial charge is 0.417 e. The molecule has 0 unspecified atom stereocenters. The Bertz CT molecular complexity index is 1130. The molecule has 186 valence electrons. The molecule has 12 heteroatoms. The summed E-state index contributed by atoms with van der Waals surface area (Å²) < 4.78 is 65.3. The normalized spacial score (nSPS) is 12.7. The number of halogens is 4. The fourth-order valence-corrected chi connectivity index (χ4v) is 4.34. The molecule has 0 saturated carbocycles. The third kappa shape index (κ3) is 7.10. The molecular formula is C22H25ClF3N3O4S. The van der Waals surface area contributed by atoms with E-state index in [9.17, 15) is 31.2 Å². The molecule has 0 aliphatic heterocycles. The van der Waals surface area contributed by atoms with Gasteiger partial charge in [0.1, 0.15) is 12.6 Å². The van der Waals surface area contributed by atoms with E-state index in [2.05, 4.69) is 5.32 Å². The van der Waals surface area contributed by atoms with Crippen molar-refractivity contribution >= 4 is 39.1 Å². The average molecular weight is 520 g/mol. The first-order valence-electron chi connectivity index (χ1n) is 10.1. The Kier molecular flexibility index (Phi) is 8.96. The lowest BCUT2D eigenvalue weighted by atomic mass is 10.1. The van der Waals surface area contributed by atoms with Crippen molar-refractivity contribution in [3.05, 3.63) is 64.7 Å². The topological polar surface area (TPSA) is 86.8 Å². The van der Waals surface area contributed by atoms with Crippen molar-refractivity contribution in [3.8, 4) is 0 Å². The molecule has 0 saturated heterocycles. The summed E-state index contributed by atoms with van der Waals surface area (Å²) in [5.41, 5.74) is -0.715. The number of amides is 2. The SMILES string of the molecule is CNC(=O)[C@H](C)N(CCc1ccccc1)C(=O)CN(c1ccc(Cl)c(C(F)(F)F)c1)S(C)(=O)=O. The number of nitrogens with zero attached hydrogens (tertiary/aromatic N) is 2. The van der Waals surface area contributed by atoms with Crippen molar-refractivity contribution in [2.75, 3.05) is 30.7 Å². The van der Waals surface area contributed by atoms with Crippen LogP contribution in [0.3, 0.4) is 0 Å². The van der Waals surface area contributed by atoms with Crippen LogP contribution in [0.4, 0.5) is 18.9 Å². The van der Waals surface area contributed by atoms with Crippen molar-refractivity contribution in [2.24, 2.45) is 0 Å². The van der Waals surface area contributed by atoms with Crippen LogP contribution in [0.2, 0.25) is 5.02 Å². The standard InChI is InChI=1S/C22H25ClF3N3O4S/c1-15(21(31)27-2)28(12-11-16-7-5-4-6-8-16)20(30)14-29(34(3,32)33)17-9-10-19(23)18(13-17)22(24,25)26/h4-10,13,15H,11-12,14H2,1-3H3,(H,27,31)/t15-/m0/s1. The maximum atomic E-state index is 13.3. The molecule has 1 N–H and O–H groups in total. The summed E-state index contributed by atoms with van der Waals surface area (Å²) in [5, 5.41) is 1.84. The smallest absolute Gasteiger partial charge is 0.357 e. The Labute approximate surface area is 201 Å². The average Bonchev–Trinajstić information content (AvgIpc) is 2.76. The monoisotopic (exact) mass is 519 g/mol. The van der Waals surface area contributed by atoms with E-state index in [1.165, 1.54) is 18.9 Å². The number of nitrogens with one attached hydrogen (secondary N) is 1. The number of sulfonamides is 1. The van der Waals surface area contributed by atoms with Crippen LogP contribution in [0, 0.1) is 0 Å². The van der Waals surface area contributed by atoms with Crippen molar-refractivity contribution < 1.29 is 31.2 Å². The van der Waals surface area contributed by atoms with Crippen LogP contribution in [-0.4, -0.2) is 57.6 Å². The van der Waals surface area contributed by atoms with Gasteiger partial charge in [-0.3, -0.25) is 13.9 Å². The molecule has 0 bridgehead atoms. The van der Waals surface area contributed by atoms with E-state index in [1.807, 2.05) is 30.3 Å². The van der Waals surface area contributed by atoms with Crippen LogP contribution in [0.25, 0.3) is 0 Å². The molecule has 0 aromatic heterocycles. The van der Waals surface area contributed by atoms with Gasteiger partial charge in [0, 0.05) is 13.6 Å². The molecule has 2 aromatic carbocycles. The number of carbonyl (C=O) groups excluding carboxylic acids is 2. The van der Waals surface area contributed by atoms with Crippen LogP contribution in [0.1, 0.15) is 18.1 Å². The number of rotatable bonds is 9. The Morgan fingerprint density at radius 3 is 2.26 bits per heavy atom. The van der Waals surface area contributed by atoms with Crippen LogP contribution >= 0.6 is 11.6 Å². The highest BCUT2D eigenvalue weighted by Crippen LogP contribution is 2.37. The molecule has 2 rings (SSSR count). The molecule has 0 aliphatic rings. The number of likely N-dealkylation sites (N-methyl/N-ethyl adjacent to an activating group) is 1. The highest BCUT2D eigenvalue weighted by Gasteiger charge is 2.35. The second-order valence-corrected chi connectivity index (χ2v) is 9.86. The van der Waals surface area contributed by atoms with Crippen LogP contribution < -0.4 is 9.62 Å². The summed E-state index contributed by atoms with van der Waals surface area (Å²) in [5.74, 6) is -1.22. The van der Waals surface area contributed by atoms with Gasteiger partial charge in [0.15, 0.2) is 0 Å². The van der Waals surface area contributed by atoms with E-state index < -0.39 is 51.2 Å². The van der Waals surface area contributed by atoms with Gasteiger partial charge in [-0.1, -0.05) is 41.9 Å². The summed E-state index contributed by atoms with van der Waals surface area (Å²) in [6.07, 6.45) is -3.67. The summed E-state index contributed by atoms with van der Waals surface area (Å²) in [6.45, 7) is 0.772. The van der Waals surface area contributed by atoms with Crippen molar-refractivity contribution in [1.29, 1.82) is 0 Å². The minimum Gasteiger partial charge on any atom is -0.357 e. The van der Waals surface area contributed by atoms with Crippen molar-refractivity contribution in [1.82, 2.24) is 10.2 Å². The molecule has 0 aliphatic carbocycles. The zero-order valence-corrected chi connectivity index (χ0v) is 20.3. The van der Waals surface area contributed by atoms with Gasteiger partial charge in [-0.2, -0.15) is 13.2 Å². The van der Waals surface area contributed by atoms with E-state index in [1.54, 1.807) is 0 Å². The Balaban J connectivity index is 2.39. The summed E-state index contributed by atoms with van der Waals surface area (Å²) in [6, 6.07) is 10.8. The zero-order valence-electron chi connectivity index (χ0n) is 18.8. The Hall–Kier alpha value is -2.79. The van der Waals surface area contributed by atoms with Crippen LogP contribution in [0.5, 0.6) is 0 Å². The van der Waals surface area contributed by atoms with Gasteiger partial charge in [0.05, 0.1) is 22.5 Å². The Morgan fingerprint density at radius 2 is 1.74 bits per heavy atom. The molecule has 0 radical (unpaired) electrons. The third-order valence-electron chi connectivity index (χ3n) is 5.12. The predicted octanol–water partition coefficient (Wildman–Crippen LogP) is 3.33. The molecular weight excluding hydrogens is 495 g/mol. The zero-order chi connectivity index (χ0) is 25.7. The van der Waals surface area contributed by atoms with E-state index in [0.717, 1.165) is 24.0 Å². The molecule has 7 nitrogen and oxygen atoms in total. The molecule has 0 spiro atoms. The lowest BCUT2D eigenvalue weighted by Gasteiger charge is -2.31. The van der Waals surface area contributed by atoms with E-state index >= 15 is 0 Å². The quantitative estimate of drug-likeness (QED) is 0.550. The number of alkyl halides is 3. The number of hydrogen-bond donors (Lipinski definition) is 1. The Morgan fingerprint density at radius 1 is 1.12 bits per heavy atom. The number of carbonyl (C=O) groups is 2. The molecule has 0 fully saturated rings. The third-order valence-corrected chi connectivity index (χ3v) is 6.59. The molecule has 1 atom stereocenters. The second kappa shape index (κ2) is 11.1. The van der Waals surface area contributed by atoms with Gasteiger partial charge in [0.2, 0.25) is 21.8 Å². The van der Waals surface area contributed by atoms with Gasteiger partial charge in [-0.05, 0) is 37.1 Å². The first-order chi connectivity index (χ1) is 15.8. The maximum absolute atomic E-state index is 13.3. The first kappa shape index (κ1) is 27.5. The maximum Gasteiger partial charge on any atom is 0.417 e. The molecule has 34 heavy (non-hydrogen) atoms. The summed E-state index contributed by atoms with van der Waals surface area (Å²) in [4.78, 5) is 26.6. The van der Waals surface area contributed by atoms with Crippen LogP contribution in [-0.2, 0) is 32.2 Å². The second-order valence-electron chi connectivity index (χ2n) is 7.54. The van der Waals surface area contributed by atoms with Gasteiger partial charge < -0.3 is 10.2 Å². The van der Waals surface area contributed by atoms with Gasteiger partial charge >= 0.3 is 6.18 Å². The van der Waals surface area contributed by atoms with Crippen LogP contribution in [0.15, 0.2) is 48.5 Å². The lowest BCUT2D eigenvalue weighted by molar-refractivity contribution is -0.138. The number of anilines is 1. The predicted molar refractivity (Wildman–Crippen MR) is 124 cm³/mol. The van der Waals surface area contributed by atoms with E-state index in [-0.39, 0.29) is 12.2 Å². The van der Waals surface area contributed by atoms with Crippen molar-refractivity contribution in [2.45, 2.75) is 25.6 Å². The molecule has 2 amide bonds. The first-order valence-corrected chi connectivity index (χ1v) is 12.4. The number of hydrogen-bond acceptors (Lipinski definition) is 4. The summed E-state index contributed by atoms with van der Waals surface area (Å²) in [7, 11) is -2.77. The fraction of sp³-hybridized carbons (Fsp3) is 0.364. The number of benzene rings is 2. The van der Waals surface area contributed by atoms with Gasteiger partial charge in [-0.25, -0.2) is 8.42 Å². The van der Waals surface area contributed by atoms with Crippen molar-refractivity contribution in [3.63, 3.8) is 0 Å². The van der Waals surface area contributed by atoms with E-state index in [0.29, 0.717) is 16.8 Å². The fourth-order valence-electron chi connectivity index (χ4n) is 3.28. The van der Waals surface area contributed by atoms with Gasteiger partial charge in [-0.15, -0.1) is 0 Å². The minimum absolute atomic E-state index is 0.0868. The minimum atomic E-state index is -4.82. The van der Waals surface area contributed by atoms with Gasteiger partial charge in [0.25, 0.3) is 0 Å². The highest BCUT2D eigenvalue weighted by atomic mass is 35.5.